The van der Waals surface area contributed by atoms with Crippen molar-refractivity contribution in [3.05, 3.63) is 188 Å². The van der Waals surface area contributed by atoms with Gasteiger partial charge in [0.1, 0.15) is 5.58 Å². The van der Waals surface area contributed by atoms with Crippen molar-refractivity contribution in [3.8, 4) is 51.1 Å². The molecule has 12 aromatic rings. The van der Waals surface area contributed by atoms with E-state index in [0.717, 1.165) is 82.6 Å². The molecule has 0 bridgehead atoms. The predicted molar refractivity (Wildman–Crippen MR) is 236 cm³/mol. The highest BCUT2D eigenvalue weighted by molar-refractivity contribution is 6.20. The second-order valence-corrected chi connectivity index (χ2v) is 14.6. The molecule has 0 aliphatic rings. The molecular weight excluding hydrogens is 711 g/mol. The van der Waals surface area contributed by atoms with E-state index >= 15 is 0 Å². The first-order chi connectivity index (χ1) is 28.7. The summed E-state index contributed by atoms with van der Waals surface area (Å²) in [5.74, 6) is 1.80. The van der Waals surface area contributed by atoms with Crippen LogP contribution in [-0.4, -0.2) is 24.5 Å². The van der Waals surface area contributed by atoms with Gasteiger partial charge in [-0.2, -0.15) is 0 Å². The fraction of sp³-hybridized carbons (Fsp3) is 0. The van der Waals surface area contributed by atoms with Gasteiger partial charge < -0.3 is 8.98 Å². The molecule has 8 aromatic carbocycles. The van der Waals surface area contributed by atoms with Crippen LogP contribution in [0, 0.1) is 0 Å². The smallest absolute Gasteiger partial charge is 0.228 e. The Morgan fingerprint density at radius 2 is 0.914 bits per heavy atom. The van der Waals surface area contributed by atoms with Gasteiger partial charge in [-0.05, 0) is 52.6 Å². The molecule has 0 spiro atoms. The van der Waals surface area contributed by atoms with E-state index in [-0.39, 0.29) is 0 Å². The zero-order valence-corrected chi connectivity index (χ0v) is 31.0. The van der Waals surface area contributed by atoms with Crippen molar-refractivity contribution in [3.63, 3.8) is 0 Å². The average Bonchev–Trinajstić information content (AvgIpc) is 3.85. The lowest BCUT2D eigenvalue weighted by Gasteiger charge is -2.12. The van der Waals surface area contributed by atoms with Crippen molar-refractivity contribution in [1.82, 2.24) is 24.5 Å². The van der Waals surface area contributed by atoms with Crippen molar-refractivity contribution >= 4 is 65.4 Å². The topological polar surface area (TPSA) is 69.6 Å². The summed E-state index contributed by atoms with van der Waals surface area (Å²) >= 11 is 0. The maximum atomic E-state index is 6.29. The van der Waals surface area contributed by atoms with Crippen LogP contribution in [0.3, 0.4) is 0 Å². The van der Waals surface area contributed by atoms with Crippen molar-refractivity contribution in [2.75, 3.05) is 0 Å². The summed E-state index contributed by atoms with van der Waals surface area (Å²) in [6, 6.07) is 65.2. The minimum Gasteiger partial charge on any atom is -0.438 e. The number of pyridine rings is 1. The molecule has 0 amide bonds. The largest absolute Gasteiger partial charge is 0.438 e. The summed E-state index contributed by atoms with van der Waals surface area (Å²) in [5, 5.41) is 9.01. The van der Waals surface area contributed by atoms with Crippen LogP contribution < -0.4 is 0 Å². The van der Waals surface area contributed by atoms with Gasteiger partial charge in [-0.15, -0.1) is 0 Å². The predicted octanol–water partition coefficient (Wildman–Crippen LogP) is 13.2. The van der Waals surface area contributed by atoms with Crippen LogP contribution in [0.25, 0.3) is 117 Å². The number of hydrogen-bond donors (Lipinski definition) is 0. The van der Waals surface area contributed by atoms with E-state index in [0.29, 0.717) is 23.2 Å². The van der Waals surface area contributed by atoms with Crippen LogP contribution in [0.2, 0.25) is 0 Å². The van der Waals surface area contributed by atoms with E-state index in [2.05, 4.69) is 174 Å². The van der Waals surface area contributed by atoms with Crippen LogP contribution in [0.1, 0.15) is 0 Å². The third kappa shape index (κ3) is 5.12. The lowest BCUT2D eigenvalue weighted by Crippen LogP contribution is -2.01. The lowest BCUT2D eigenvalue weighted by atomic mass is 10.00. The van der Waals surface area contributed by atoms with Gasteiger partial charge in [0.05, 0.1) is 22.1 Å². The van der Waals surface area contributed by atoms with Crippen molar-refractivity contribution in [2.24, 2.45) is 0 Å². The summed E-state index contributed by atoms with van der Waals surface area (Å²) < 4.78 is 8.61. The average molecular weight is 742 g/mol. The number of benzene rings is 8. The fourth-order valence-corrected chi connectivity index (χ4v) is 8.51. The third-order valence-corrected chi connectivity index (χ3v) is 11.2. The quantitative estimate of drug-likeness (QED) is 0.176. The number of para-hydroxylation sites is 3. The molecule has 0 fully saturated rings. The summed E-state index contributed by atoms with van der Waals surface area (Å²) in [5.41, 5.74) is 9.34. The first-order valence-electron chi connectivity index (χ1n) is 19.4. The molecule has 0 N–H and O–H groups in total. The van der Waals surface area contributed by atoms with E-state index in [9.17, 15) is 0 Å². The summed E-state index contributed by atoms with van der Waals surface area (Å²) in [6.45, 7) is 0. The van der Waals surface area contributed by atoms with Crippen LogP contribution in [-0.2, 0) is 0 Å². The minimum atomic E-state index is 0.590. The number of furan rings is 1. The van der Waals surface area contributed by atoms with Crippen LogP contribution >= 0.6 is 0 Å². The fourth-order valence-electron chi connectivity index (χ4n) is 8.51. The van der Waals surface area contributed by atoms with Gasteiger partial charge >= 0.3 is 0 Å². The Morgan fingerprint density at radius 3 is 1.66 bits per heavy atom. The van der Waals surface area contributed by atoms with Gasteiger partial charge in [-0.3, -0.25) is 0 Å². The zero-order chi connectivity index (χ0) is 38.2. The standard InChI is InChI=1S/C52H31N5O/c1-2-13-35-30-37(29-24-32(35)12-1)51-55-49(54-50(56-51)36-14-11-15-38(31-36)57-44-21-8-5-16-39(44)40-17-6-9-22-45(40)57)34-27-25-33(26-28-34)48-42-19-4-3-18-41(42)47-43-20-7-10-23-46(43)58-52(47)53-48/h1-31H. The van der Waals surface area contributed by atoms with Gasteiger partial charge in [0.2, 0.25) is 5.71 Å². The number of aromatic nitrogens is 5. The third-order valence-electron chi connectivity index (χ3n) is 11.2. The van der Waals surface area contributed by atoms with E-state index < -0.39 is 0 Å². The molecule has 6 heteroatoms. The van der Waals surface area contributed by atoms with E-state index in [1.807, 2.05) is 18.2 Å². The van der Waals surface area contributed by atoms with Gasteiger partial charge in [0.25, 0.3) is 0 Å². The highest BCUT2D eigenvalue weighted by Gasteiger charge is 2.19. The molecular formula is C52H31N5O. The van der Waals surface area contributed by atoms with Crippen molar-refractivity contribution in [1.29, 1.82) is 0 Å². The SMILES string of the molecule is c1cc(-c2nc(-c3ccc(-c4nc5oc6ccccc6c5c5ccccc45)cc3)nc(-c3ccc4ccccc4c3)n2)cc(-n2c3ccccc3c3ccccc32)c1. The zero-order valence-electron chi connectivity index (χ0n) is 31.0. The second kappa shape index (κ2) is 12.8. The van der Waals surface area contributed by atoms with E-state index in [4.69, 9.17) is 24.4 Å². The van der Waals surface area contributed by atoms with E-state index in [1.165, 1.54) is 10.8 Å². The molecule has 6 nitrogen and oxygen atoms in total. The number of nitrogens with zero attached hydrogens (tertiary/aromatic N) is 5. The Kier molecular flexibility index (Phi) is 7.13. The van der Waals surface area contributed by atoms with E-state index in [1.54, 1.807) is 0 Å². The second-order valence-electron chi connectivity index (χ2n) is 14.6. The number of rotatable bonds is 5. The Morgan fingerprint density at radius 1 is 0.362 bits per heavy atom. The normalized spacial score (nSPS) is 11.8. The molecule has 0 radical (unpaired) electrons. The molecule has 12 rings (SSSR count). The van der Waals surface area contributed by atoms with Gasteiger partial charge in [0.15, 0.2) is 17.5 Å². The van der Waals surface area contributed by atoms with Gasteiger partial charge in [-0.25, -0.2) is 19.9 Å². The molecule has 4 heterocycles. The minimum absolute atomic E-state index is 0.590. The molecule has 0 atom stereocenters. The Labute approximate surface area is 332 Å². The van der Waals surface area contributed by atoms with Crippen molar-refractivity contribution < 1.29 is 4.42 Å². The Hall–Kier alpha value is -7.96. The van der Waals surface area contributed by atoms with Crippen LogP contribution in [0.4, 0.5) is 0 Å². The maximum absolute atomic E-state index is 6.29. The summed E-state index contributed by atoms with van der Waals surface area (Å²) in [4.78, 5) is 20.5. The molecule has 270 valence electrons. The monoisotopic (exact) mass is 741 g/mol. The van der Waals surface area contributed by atoms with Crippen LogP contribution in [0.5, 0.6) is 0 Å². The molecule has 0 saturated carbocycles. The molecule has 0 aliphatic heterocycles. The molecule has 0 unspecified atom stereocenters. The van der Waals surface area contributed by atoms with Crippen LogP contribution in [0.15, 0.2) is 192 Å². The highest BCUT2D eigenvalue weighted by Crippen LogP contribution is 2.39. The highest BCUT2D eigenvalue weighted by atomic mass is 16.3. The number of fused-ring (bicyclic) bond motifs is 9. The molecule has 58 heavy (non-hydrogen) atoms. The van der Waals surface area contributed by atoms with Gasteiger partial charge in [-0.1, -0.05) is 152 Å². The first-order valence-corrected chi connectivity index (χ1v) is 19.4. The summed E-state index contributed by atoms with van der Waals surface area (Å²) in [6.07, 6.45) is 0. The molecule has 0 aliphatic carbocycles. The lowest BCUT2D eigenvalue weighted by molar-refractivity contribution is 0.655. The Balaban J connectivity index is 1.01. The molecule has 4 aromatic heterocycles. The van der Waals surface area contributed by atoms with Gasteiger partial charge in [0, 0.05) is 49.5 Å². The summed E-state index contributed by atoms with van der Waals surface area (Å²) in [7, 11) is 0. The first kappa shape index (κ1) is 32.3. The maximum Gasteiger partial charge on any atom is 0.228 e. The number of hydrogen-bond acceptors (Lipinski definition) is 5. The Bertz CT molecular complexity index is 3530. The molecule has 0 saturated heterocycles. The van der Waals surface area contributed by atoms with Crippen molar-refractivity contribution in [2.45, 2.75) is 0 Å².